The summed E-state index contributed by atoms with van der Waals surface area (Å²) in [4.78, 5) is 23.9. The summed E-state index contributed by atoms with van der Waals surface area (Å²) in [5, 5.41) is 10.5. The van der Waals surface area contributed by atoms with Crippen LogP contribution in [0.5, 0.6) is 0 Å². The van der Waals surface area contributed by atoms with Crippen LogP contribution >= 0.6 is 0 Å². The number of nitrogens with zero attached hydrogens (tertiary/aromatic N) is 1. The van der Waals surface area contributed by atoms with E-state index in [4.69, 9.17) is 4.52 Å². The van der Waals surface area contributed by atoms with Crippen LogP contribution in [0.25, 0.3) is 11.0 Å². The van der Waals surface area contributed by atoms with Gasteiger partial charge in [-0.1, -0.05) is 36.6 Å². The second-order valence-corrected chi connectivity index (χ2v) is 6.71. The molecule has 25 heavy (non-hydrogen) atoms. The van der Waals surface area contributed by atoms with Crippen molar-refractivity contribution in [2.24, 2.45) is 5.92 Å². The molecule has 0 aliphatic heterocycles. The molecule has 2 amide bonds. The van der Waals surface area contributed by atoms with E-state index in [1.807, 2.05) is 24.3 Å². The average Bonchev–Trinajstić information content (AvgIpc) is 3.03. The Kier molecular flexibility index (Phi) is 6.04. The fraction of sp³-hybridized carbons (Fsp3) is 0.526. The summed E-state index contributed by atoms with van der Waals surface area (Å²) in [6.07, 6.45) is 6.89. The standard InChI is InChI=1S/C19H25N3O3/c23-18(12-14-6-2-1-3-7-14)20-10-11-21-19(24)13-16-15-8-4-5-9-17(15)25-22-16/h4-5,8-9,14H,1-3,6-7,10-13H2,(H,20,23)(H,21,24). The van der Waals surface area contributed by atoms with E-state index in [2.05, 4.69) is 15.8 Å². The first-order valence-corrected chi connectivity index (χ1v) is 9.09. The number of nitrogens with one attached hydrogen (secondary N) is 2. The van der Waals surface area contributed by atoms with Gasteiger partial charge in [0.25, 0.3) is 0 Å². The molecule has 2 N–H and O–H groups in total. The van der Waals surface area contributed by atoms with Gasteiger partial charge in [0.1, 0.15) is 5.69 Å². The van der Waals surface area contributed by atoms with Crippen LogP contribution in [0, 0.1) is 5.92 Å². The van der Waals surface area contributed by atoms with Crippen LogP contribution in [0.3, 0.4) is 0 Å². The molecule has 1 aromatic heterocycles. The Balaban J connectivity index is 1.34. The fourth-order valence-corrected chi connectivity index (χ4v) is 3.41. The van der Waals surface area contributed by atoms with E-state index in [-0.39, 0.29) is 18.2 Å². The predicted octanol–water partition coefficient (Wildman–Crippen LogP) is 2.57. The first kappa shape index (κ1) is 17.5. The van der Waals surface area contributed by atoms with E-state index in [9.17, 15) is 9.59 Å². The van der Waals surface area contributed by atoms with Gasteiger partial charge in [-0.15, -0.1) is 0 Å². The Bertz CT molecular complexity index is 720. The molecular formula is C19H25N3O3. The van der Waals surface area contributed by atoms with Crippen LogP contribution in [0.15, 0.2) is 28.8 Å². The summed E-state index contributed by atoms with van der Waals surface area (Å²) in [5.74, 6) is 0.494. The van der Waals surface area contributed by atoms with Gasteiger partial charge in [0.15, 0.2) is 5.58 Å². The van der Waals surface area contributed by atoms with Gasteiger partial charge in [0.2, 0.25) is 11.8 Å². The first-order valence-electron chi connectivity index (χ1n) is 9.09. The number of fused-ring (bicyclic) bond motifs is 1. The Morgan fingerprint density at radius 1 is 1.04 bits per heavy atom. The summed E-state index contributed by atoms with van der Waals surface area (Å²) in [7, 11) is 0. The molecule has 6 nitrogen and oxygen atoms in total. The third-order valence-electron chi connectivity index (χ3n) is 4.75. The lowest BCUT2D eigenvalue weighted by Crippen LogP contribution is -2.36. The molecular weight excluding hydrogens is 318 g/mol. The van der Waals surface area contributed by atoms with Crippen molar-refractivity contribution >= 4 is 22.8 Å². The summed E-state index contributed by atoms with van der Waals surface area (Å²) in [5.41, 5.74) is 1.31. The number of carbonyl (C=O) groups excluding carboxylic acids is 2. The summed E-state index contributed by atoms with van der Waals surface area (Å²) in [6.45, 7) is 0.877. The van der Waals surface area contributed by atoms with E-state index < -0.39 is 0 Å². The first-order chi connectivity index (χ1) is 12.2. The number of aromatic nitrogens is 1. The van der Waals surface area contributed by atoms with Gasteiger partial charge < -0.3 is 15.2 Å². The number of hydrogen-bond acceptors (Lipinski definition) is 4. The molecule has 0 radical (unpaired) electrons. The van der Waals surface area contributed by atoms with Gasteiger partial charge in [0, 0.05) is 24.9 Å². The molecule has 2 aromatic rings. The van der Waals surface area contributed by atoms with Crippen molar-refractivity contribution in [2.45, 2.75) is 44.9 Å². The minimum atomic E-state index is -0.124. The Morgan fingerprint density at radius 2 is 1.76 bits per heavy atom. The largest absolute Gasteiger partial charge is 0.356 e. The van der Waals surface area contributed by atoms with Crippen LogP contribution in [0.1, 0.15) is 44.2 Å². The highest BCUT2D eigenvalue weighted by molar-refractivity contribution is 5.86. The number of hydrogen-bond donors (Lipinski definition) is 2. The van der Waals surface area contributed by atoms with Crippen molar-refractivity contribution in [3.63, 3.8) is 0 Å². The maximum absolute atomic E-state index is 12.0. The van der Waals surface area contributed by atoms with Crippen molar-refractivity contribution in [1.82, 2.24) is 15.8 Å². The molecule has 134 valence electrons. The second-order valence-electron chi connectivity index (χ2n) is 6.71. The van der Waals surface area contributed by atoms with Crippen molar-refractivity contribution in [3.8, 4) is 0 Å². The highest BCUT2D eigenvalue weighted by Gasteiger charge is 2.16. The monoisotopic (exact) mass is 343 g/mol. The third kappa shape index (κ3) is 5.05. The maximum Gasteiger partial charge on any atom is 0.226 e. The quantitative estimate of drug-likeness (QED) is 0.757. The van der Waals surface area contributed by atoms with Gasteiger partial charge in [-0.2, -0.15) is 0 Å². The summed E-state index contributed by atoms with van der Waals surface area (Å²) >= 11 is 0. The van der Waals surface area contributed by atoms with Crippen LogP contribution in [-0.2, 0) is 16.0 Å². The van der Waals surface area contributed by atoms with E-state index in [0.29, 0.717) is 36.7 Å². The number of carbonyl (C=O) groups is 2. The molecule has 0 bridgehead atoms. The lowest BCUT2D eigenvalue weighted by atomic mass is 9.87. The molecule has 1 aliphatic rings. The lowest BCUT2D eigenvalue weighted by Gasteiger charge is -2.20. The number of para-hydroxylation sites is 1. The number of rotatable bonds is 7. The SMILES string of the molecule is O=C(Cc1noc2ccccc12)NCCNC(=O)CC1CCCCC1. The molecule has 1 saturated carbocycles. The molecule has 1 fully saturated rings. The zero-order valence-corrected chi connectivity index (χ0v) is 14.4. The summed E-state index contributed by atoms with van der Waals surface area (Å²) < 4.78 is 5.19. The van der Waals surface area contributed by atoms with E-state index in [1.54, 1.807) is 0 Å². The molecule has 3 rings (SSSR count). The van der Waals surface area contributed by atoms with Crippen LogP contribution in [0.2, 0.25) is 0 Å². The van der Waals surface area contributed by atoms with E-state index in [1.165, 1.54) is 19.3 Å². The third-order valence-corrected chi connectivity index (χ3v) is 4.75. The lowest BCUT2D eigenvalue weighted by molar-refractivity contribution is -0.123. The zero-order chi connectivity index (χ0) is 17.5. The molecule has 1 aliphatic carbocycles. The Hall–Kier alpha value is -2.37. The van der Waals surface area contributed by atoms with Gasteiger partial charge >= 0.3 is 0 Å². The van der Waals surface area contributed by atoms with Gasteiger partial charge in [-0.3, -0.25) is 9.59 Å². The van der Waals surface area contributed by atoms with E-state index in [0.717, 1.165) is 18.2 Å². The highest BCUT2D eigenvalue weighted by atomic mass is 16.5. The van der Waals surface area contributed by atoms with Crippen LogP contribution < -0.4 is 10.6 Å². The molecule has 1 heterocycles. The smallest absolute Gasteiger partial charge is 0.226 e. The maximum atomic E-state index is 12.0. The van der Waals surface area contributed by atoms with Gasteiger partial charge in [-0.25, -0.2) is 0 Å². The van der Waals surface area contributed by atoms with Crippen LogP contribution in [0.4, 0.5) is 0 Å². The normalized spacial score (nSPS) is 15.2. The molecule has 1 aromatic carbocycles. The molecule has 0 unspecified atom stereocenters. The van der Waals surface area contributed by atoms with Crippen molar-refractivity contribution in [1.29, 1.82) is 0 Å². The average molecular weight is 343 g/mol. The summed E-state index contributed by atoms with van der Waals surface area (Å²) in [6, 6.07) is 7.47. The number of benzene rings is 1. The topological polar surface area (TPSA) is 84.2 Å². The second kappa shape index (κ2) is 8.65. The molecule has 0 spiro atoms. The molecule has 0 saturated heterocycles. The highest BCUT2D eigenvalue weighted by Crippen LogP contribution is 2.26. The van der Waals surface area contributed by atoms with E-state index >= 15 is 0 Å². The molecule has 6 heteroatoms. The minimum Gasteiger partial charge on any atom is -0.356 e. The fourth-order valence-electron chi connectivity index (χ4n) is 3.41. The predicted molar refractivity (Wildman–Crippen MR) is 94.9 cm³/mol. The van der Waals surface area contributed by atoms with Crippen LogP contribution in [-0.4, -0.2) is 30.1 Å². The van der Waals surface area contributed by atoms with Crippen molar-refractivity contribution < 1.29 is 14.1 Å². The Labute approximate surface area is 147 Å². The van der Waals surface area contributed by atoms with Crippen molar-refractivity contribution in [3.05, 3.63) is 30.0 Å². The van der Waals surface area contributed by atoms with Gasteiger partial charge in [-0.05, 0) is 30.9 Å². The molecule has 0 atom stereocenters. The zero-order valence-electron chi connectivity index (χ0n) is 14.4. The minimum absolute atomic E-state index is 0.0867. The number of amides is 2. The van der Waals surface area contributed by atoms with Gasteiger partial charge in [0.05, 0.1) is 6.42 Å². The van der Waals surface area contributed by atoms with Crippen molar-refractivity contribution in [2.75, 3.05) is 13.1 Å². The Morgan fingerprint density at radius 3 is 2.56 bits per heavy atom.